The number of rotatable bonds is 5. The van der Waals surface area contributed by atoms with Gasteiger partial charge in [0.2, 0.25) is 0 Å². The number of hydrogen-bond acceptors (Lipinski definition) is 3. The topological polar surface area (TPSA) is 49.8 Å². The van der Waals surface area contributed by atoms with Crippen LogP contribution in [0.15, 0.2) is 30.3 Å². The molecular weight excluding hydrogens is 278 g/mol. The summed E-state index contributed by atoms with van der Waals surface area (Å²) in [5.41, 5.74) is 0.545. The van der Waals surface area contributed by atoms with E-state index in [9.17, 15) is 9.90 Å². The first-order valence-electron chi connectivity index (χ1n) is 6.66. The number of aliphatic hydroxyl groups is 1. The number of ether oxygens (including phenoxy) is 1. The average Bonchev–Trinajstić information content (AvgIpc) is 2.35. The molecule has 0 bridgehead atoms. The van der Waals surface area contributed by atoms with Gasteiger partial charge in [0.05, 0.1) is 12.6 Å². The van der Waals surface area contributed by atoms with E-state index in [1.807, 2.05) is 30.3 Å². The van der Waals surface area contributed by atoms with E-state index in [0.717, 1.165) is 16.4 Å². The Morgan fingerprint density at radius 1 is 1.35 bits per heavy atom. The molecule has 1 rings (SSSR count). The second-order valence-electron chi connectivity index (χ2n) is 5.70. The third kappa shape index (κ3) is 6.78. The van der Waals surface area contributed by atoms with Gasteiger partial charge in [-0.2, -0.15) is 0 Å². The Labute approximate surface area is 125 Å². The summed E-state index contributed by atoms with van der Waals surface area (Å²) in [6.45, 7) is 5.34. The van der Waals surface area contributed by atoms with E-state index < -0.39 is 17.8 Å². The number of amides is 1. The van der Waals surface area contributed by atoms with Gasteiger partial charge in [0.15, 0.2) is 0 Å². The van der Waals surface area contributed by atoms with Crippen molar-refractivity contribution in [1.82, 2.24) is 4.42 Å². The van der Waals surface area contributed by atoms with Gasteiger partial charge in [-0.25, -0.2) is 9.21 Å². The molecule has 0 unspecified atom stereocenters. The van der Waals surface area contributed by atoms with Gasteiger partial charge in [-0.3, -0.25) is 0 Å². The molecule has 1 aromatic carbocycles. The van der Waals surface area contributed by atoms with E-state index in [4.69, 9.17) is 16.5 Å². The second kappa shape index (κ2) is 7.50. The summed E-state index contributed by atoms with van der Waals surface area (Å²) in [4.78, 5) is 11.6. The zero-order valence-corrected chi connectivity index (χ0v) is 12.9. The molecule has 0 fully saturated rings. The van der Waals surface area contributed by atoms with Crippen LogP contribution in [0.25, 0.3) is 0 Å². The summed E-state index contributed by atoms with van der Waals surface area (Å²) in [5, 5.41) is 9.89. The smallest absolute Gasteiger partial charge is 0.425 e. The van der Waals surface area contributed by atoms with Gasteiger partial charge in [0, 0.05) is 11.8 Å². The van der Waals surface area contributed by atoms with Gasteiger partial charge >= 0.3 is 6.09 Å². The predicted octanol–water partition coefficient (Wildman–Crippen LogP) is 3.37. The fourth-order valence-electron chi connectivity index (χ4n) is 1.64. The number of benzene rings is 1. The van der Waals surface area contributed by atoms with Crippen molar-refractivity contribution in [1.29, 1.82) is 0 Å². The monoisotopic (exact) mass is 299 g/mol. The van der Waals surface area contributed by atoms with Gasteiger partial charge in [-0.1, -0.05) is 30.3 Å². The molecule has 0 aliphatic carbocycles. The van der Waals surface area contributed by atoms with Crippen molar-refractivity contribution in [3.05, 3.63) is 35.9 Å². The molecule has 0 spiro atoms. The van der Waals surface area contributed by atoms with Crippen LogP contribution < -0.4 is 0 Å². The van der Waals surface area contributed by atoms with Crippen molar-refractivity contribution in [3.63, 3.8) is 0 Å². The molecule has 4 nitrogen and oxygen atoms in total. The first-order chi connectivity index (χ1) is 9.28. The lowest BCUT2D eigenvalue weighted by Gasteiger charge is -2.24. The van der Waals surface area contributed by atoms with E-state index in [0.29, 0.717) is 6.42 Å². The van der Waals surface area contributed by atoms with Crippen LogP contribution in [0.1, 0.15) is 32.8 Å². The Hall–Kier alpha value is -1.26. The first kappa shape index (κ1) is 16.8. The number of aryl methyl sites for hydroxylation is 1. The van der Waals surface area contributed by atoms with Crippen LogP contribution in [0, 0.1) is 0 Å². The van der Waals surface area contributed by atoms with Gasteiger partial charge in [-0.15, -0.1) is 0 Å². The maximum atomic E-state index is 11.6. The molecular formula is C15H22ClNO3. The van der Waals surface area contributed by atoms with Crippen molar-refractivity contribution in [3.8, 4) is 0 Å². The Balaban J connectivity index is 2.34. The highest BCUT2D eigenvalue weighted by Crippen LogP contribution is 2.13. The number of hydrogen-bond donors (Lipinski definition) is 1. The molecule has 5 heteroatoms. The third-order valence-corrected chi connectivity index (χ3v) is 2.85. The Bertz CT molecular complexity index is 417. The lowest BCUT2D eigenvalue weighted by Crippen LogP contribution is -2.35. The molecule has 1 N–H and O–H groups in total. The highest BCUT2D eigenvalue weighted by molar-refractivity contribution is 6.20. The molecule has 0 aliphatic rings. The average molecular weight is 300 g/mol. The lowest BCUT2D eigenvalue weighted by atomic mass is 10.1. The predicted molar refractivity (Wildman–Crippen MR) is 79.6 cm³/mol. The lowest BCUT2D eigenvalue weighted by molar-refractivity contribution is 0.0318. The molecule has 20 heavy (non-hydrogen) atoms. The maximum absolute atomic E-state index is 11.6. The van der Waals surface area contributed by atoms with Crippen LogP contribution in [0.3, 0.4) is 0 Å². The molecule has 1 aromatic rings. The van der Waals surface area contributed by atoms with Crippen LogP contribution in [0.4, 0.5) is 4.79 Å². The molecule has 0 heterocycles. The minimum atomic E-state index is -0.680. The molecule has 0 radical (unpaired) electrons. The number of halogens is 1. The zero-order chi connectivity index (χ0) is 15.2. The SMILES string of the molecule is CC(C)(C)OC(=O)N(Cl)C[C@H](O)CCc1ccccc1. The second-order valence-corrected chi connectivity index (χ2v) is 6.11. The van der Waals surface area contributed by atoms with E-state index in [2.05, 4.69) is 0 Å². The Kier molecular flexibility index (Phi) is 6.30. The fourth-order valence-corrected chi connectivity index (χ4v) is 1.83. The van der Waals surface area contributed by atoms with Gasteiger partial charge in [0.25, 0.3) is 0 Å². The Morgan fingerprint density at radius 3 is 2.50 bits per heavy atom. The molecule has 0 saturated heterocycles. The van der Waals surface area contributed by atoms with Crippen LogP contribution in [0.5, 0.6) is 0 Å². The summed E-state index contributed by atoms with van der Waals surface area (Å²) in [7, 11) is 0. The van der Waals surface area contributed by atoms with Crippen molar-refractivity contribution in [2.24, 2.45) is 0 Å². The van der Waals surface area contributed by atoms with Gasteiger partial charge < -0.3 is 9.84 Å². The molecule has 1 amide bonds. The summed E-state index contributed by atoms with van der Waals surface area (Å²) >= 11 is 5.81. The highest BCUT2D eigenvalue weighted by atomic mass is 35.5. The molecule has 1 atom stereocenters. The van der Waals surface area contributed by atoms with E-state index in [-0.39, 0.29) is 6.54 Å². The summed E-state index contributed by atoms with van der Waals surface area (Å²) in [6.07, 6.45) is -0.0463. The highest BCUT2D eigenvalue weighted by Gasteiger charge is 2.22. The number of nitrogens with zero attached hydrogens (tertiary/aromatic N) is 1. The number of carbonyl (C=O) groups is 1. The minimum absolute atomic E-state index is 0.0449. The van der Waals surface area contributed by atoms with Crippen LogP contribution in [-0.4, -0.2) is 33.9 Å². The Morgan fingerprint density at radius 2 is 1.95 bits per heavy atom. The van der Waals surface area contributed by atoms with Gasteiger partial charge in [0.1, 0.15) is 5.60 Å². The first-order valence-corrected chi connectivity index (χ1v) is 7.00. The van der Waals surface area contributed by atoms with E-state index >= 15 is 0 Å². The zero-order valence-electron chi connectivity index (χ0n) is 12.2. The van der Waals surface area contributed by atoms with Crippen molar-refractivity contribution < 1.29 is 14.6 Å². The summed E-state index contributed by atoms with van der Waals surface area (Å²) < 4.78 is 6.00. The van der Waals surface area contributed by atoms with Crippen molar-refractivity contribution in [2.45, 2.75) is 45.3 Å². The molecule has 0 saturated carbocycles. The quantitative estimate of drug-likeness (QED) is 0.848. The number of aliphatic hydroxyl groups excluding tert-OH is 1. The largest absolute Gasteiger partial charge is 0.443 e. The third-order valence-electron chi connectivity index (χ3n) is 2.57. The normalized spacial score (nSPS) is 12.8. The summed E-state index contributed by atoms with van der Waals surface area (Å²) in [6, 6.07) is 9.85. The minimum Gasteiger partial charge on any atom is -0.443 e. The summed E-state index contributed by atoms with van der Waals surface area (Å²) in [5.74, 6) is 0. The molecule has 0 aromatic heterocycles. The maximum Gasteiger partial charge on any atom is 0.425 e. The van der Waals surface area contributed by atoms with Crippen LogP contribution in [-0.2, 0) is 11.2 Å². The van der Waals surface area contributed by atoms with E-state index in [1.54, 1.807) is 20.8 Å². The standard InChI is InChI=1S/C15H22ClNO3/c1-15(2,3)20-14(19)17(16)11-13(18)10-9-12-7-5-4-6-8-12/h4-8,13,18H,9-11H2,1-3H3/t13-/m1/s1. The van der Waals surface area contributed by atoms with Crippen molar-refractivity contribution in [2.75, 3.05) is 6.54 Å². The van der Waals surface area contributed by atoms with Gasteiger partial charge in [-0.05, 0) is 39.2 Å². The van der Waals surface area contributed by atoms with E-state index in [1.165, 1.54) is 0 Å². The number of carbonyl (C=O) groups excluding carboxylic acids is 1. The molecule has 0 aliphatic heterocycles. The fraction of sp³-hybridized carbons (Fsp3) is 0.533. The van der Waals surface area contributed by atoms with Crippen molar-refractivity contribution >= 4 is 17.9 Å². The van der Waals surface area contributed by atoms with Crippen LogP contribution >= 0.6 is 11.8 Å². The van der Waals surface area contributed by atoms with Crippen LogP contribution in [0.2, 0.25) is 0 Å². The molecule has 112 valence electrons.